The fourth-order valence-corrected chi connectivity index (χ4v) is 1.90. The smallest absolute Gasteiger partial charge is 0.272 e. The van der Waals surface area contributed by atoms with Gasteiger partial charge in [-0.15, -0.1) is 5.10 Å². The zero-order chi connectivity index (χ0) is 19.6. The fourth-order valence-electron chi connectivity index (χ4n) is 1.90. The summed E-state index contributed by atoms with van der Waals surface area (Å²) in [6.07, 6.45) is 2.25. The van der Waals surface area contributed by atoms with Crippen molar-refractivity contribution < 1.29 is 9.59 Å². The first-order valence-corrected chi connectivity index (χ1v) is 7.99. The minimum absolute atomic E-state index is 0.270. The molecular formula is C18H15ClN6O2. The molecule has 27 heavy (non-hydrogen) atoms. The zero-order valence-corrected chi connectivity index (χ0v) is 14.9. The van der Waals surface area contributed by atoms with Crippen LogP contribution in [-0.4, -0.2) is 41.6 Å². The van der Waals surface area contributed by atoms with E-state index >= 15 is 0 Å². The average Bonchev–Trinajstić information content (AvgIpc) is 3.35. The predicted octanol–water partition coefficient (Wildman–Crippen LogP) is 3.15. The number of hydrogen-bond donors (Lipinski definition) is 1. The maximum atomic E-state index is 11.2. The monoisotopic (exact) mass is 382 g/mol. The number of hydrogen-bond acceptors (Lipinski definition) is 6. The number of aromatic amines is 1. The molecule has 0 aliphatic heterocycles. The van der Waals surface area contributed by atoms with Crippen molar-refractivity contribution in [3.8, 4) is 0 Å². The van der Waals surface area contributed by atoms with Crippen LogP contribution in [0.4, 0.5) is 0 Å². The number of nitrogens with one attached hydrogen (secondary N) is 1. The number of allylic oxidation sites excluding steroid dienone is 2. The Morgan fingerprint density at radius 1 is 0.926 bits per heavy atom. The van der Waals surface area contributed by atoms with Crippen LogP contribution in [0.1, 0.15) is 4.79 Å². The SMILES string of the molecule is C=CC(=O)Cl.C=CC(=O)n1nnc2ccccc21.c1ccc2n[nH]nc2c1. The van der Waals surface area contributed by atoms with E-state index in [1.807, 2.05) is 36.4 Å². The molecule has 4 rings (SSSR count). The summed E-state index contributed by atoms with van der Waals surface area (Å²) in [6, 6.07) is 15.0. The van der Waals surface area contributed by atoms with E-state index in [1.54, 1.807) is 12.1 Å². The number of nitrogens with zero attached hydrogens (tertiary/aromatic N) is 5. The number of H-pyrrole nitrogens is 1. The summed E-state index contributed by atoms with van der Waals surface area (Å²) in [5.74, 6) is -0.270. The van der Waals surface area contributed by atoms with Gasteiger partial charge in [-0.05, 0) is 48.0 Å². The molecule has 2 heterocycles. The Morgan fingerprint density at radius 2 is 1.44 bits per heavy atom. The van der Waals surface area contributed by atoms with Crippen molar-refractivity contribution in [2.75, 3.05) is 0 Å². The van der Waals surface area contributed by atoms with Crippen molar-refractivity contribution in [3.05, 3.63) is 73.8 Å². The minimum Gasteiger partial charge on any atom is -0.276 e. The van der Waals surface area contributed by atoms with Gasteiger partial charge in [0.15, 0.2) is 0 Å². The van der Waals surface area contributed by atoms with Crippen molar-refractivity contribution in [1.82, 2.24) is 30.4 Å². The Hall–Kier alpha value is -3.65. The maximum Gasteiger partial charge on any atom is 0.272 e. The topological polar surface area (TPSA) is 106 Å². The van der Waals surface area contributed by atoms with Gasteiger partial charge in [0.2, 0.25) is 5.24 Å². The zero-order valence-electron chi connectivity index (χ0n) is 14.1. The molecule has 2 aromatic carbocycles. The van der Waals surface area contributed by atoms with Gasteiger partial charge in [0.05, 0.1) is 5.52 Å². The Balaban J connectivity index is 0.000000162. The molecule has 0 fully saturated rings. The molecule has 0 atom stereocenters. The van der Waals surface area contributed by atoms with Gasteiger partial charge in [0, 0.05) is 0 Å². The highest BCUT2D eigenvalue weighted by Gasteiger charge is 2.06. The van der Waals surface area contributed by atoms with Crippen LogP contribution >= 0.6 is 11.6 Å². The van der Waals surface area contributed by atoms with Gasteiger partial charge in [-0.1, -0.05) is 42.6 Å². The lowest BCUT2D eigenvalue weighted by Gasteiger charge is -1.93. The third-order valence-electron chi connectivity index (χ3n) is 3.12. The lowest BCUT2D eigenvalue weighted by atomic mass is 10.3. The molecule has 2 aromatic heterocycles. The highest BCUT2D eigenvalue weighted by atomic mass is 35.5. The lowest BCUT2D eigenvalue weighted by molar-refractivity contribution is -0.107. The molecule has 0 aliphatic rings. The molecule has 0 spiro atoms. The van der Waals surface area contributed by atoms with Crippen LogP contribution in [0, 0.1) is 0 Å². The van der Waals surface area contributed by atoms with Crippen LogP contribution in [0.5, 0.6) is 0 Å². The summed E-state index contributed by atoms with van der Waals surface area (Å²) in [4.78, 5) is 20.7. The number of halogens is 1. The van der Waals surface area contributed by atoms with Crippen molar-refractivity contribution in [1.29, 1.82) is 0 Å². The summed E-state index contributed by atoms with van der Waals surface area (Å²) < 4.78 is 1.22. The van der Waals surface area contributed by atoms with Crippen LogP contribution in [0.3, 0.4) is 0 Å². The van der Waals surface area contributed by atoms with Gasteiger partial charge in [0.1, 0.15) is 16.6 Å². The maximum absolute atomic E-state index is 11.2. The first-order valence-electron chi connectivity index (χ1n) is 7.61. The highest BCUT2D eigenvalue weighted by Crippen LogP contribution is 2.09. The summed E-state index contributed by atoms with van der Waals surface area (Å²) in [5, 5.41) is 17.3. The molecule has 9 heteroatoms. The Kier molecular flexibility index (Phi) is 7.09. The van der Waals surface area contributed by atoms with E-state index in [0.29, 0.717) is 11.0 Å². The van der Waals surface area contributed by atoms with Crippen LogP contribution in [0.2, 0.25) is 0 Å². The molecule has 8 nitrogen and oxygen atoms in total. The highest BCUT2D eigenvalue weighted by molar-refractivity contribution is 6.66. The number of rotatable bonds is 2. The molecule has 136 valence electrons. The van der Waals surface area contributed by atoms with Crippen LogP contribution in [0.25, 0.3) is 22.1 Å². The van der Waals surface area contributed by atoms with Crippen molar-refractivity contribution >= 4 is 44.8 Å². The summed E-state index contributed by atoms with van der Waals surface area (Å²) in [7, 11) is 0. The largest absolute Gasteiger partial charge is 0.276 e. The van der Waals surface area contributed by atoms with Gasteiger partial charge in [-0.2, -0.15) is 20.1 Å². The quantitative estimate of drug-likeness (QED) is 0.421. The van der Waals surface area contributed by atoms with Gasteiger partial charge < -0.3 is 0 Å². The standard InChI is InChI=1S/C9H7N3O.C6H5N3.C3H3ClO/c1-2-9(13)12-8-6-4-3-5-7(8)10-11-12;1-2-4-6-5(3-1)7-9-8-6;1-2-3(4)5/h2-6H,1H2;1-4H,(H,7,8,9);2H,1H2. The van der Waals surface area contributed by atoms with Crippen molar-refractivity contribution in [2.24, 2.45) is 0 Å². The van der Waals surface area contributed by atoms with E-state index in [9.17, 15) is 9.59 Å². The number of carbonyl (C=O) groups is 2. The number of para-hydroxylation sites is 3. The Morgan fingerprint density at radius 3 is 1.96 bits per heavy atom. The van der Waals surface area contributed by atoms with E-state index < -0.39 is 5.24 Å². The normalized spacial score (nSPS) is 9.52. The first-order chi connectivity index (χ1) is 13.1. The molecule has 0 saturated heterocycles. The van der Waals surface area contributed by atoms with Gasteiger partial charge in [0.25, 0.3) is 5.91 Å². The second-order valence-corrected chi connectivity index (χ2v) is 5.23. The Labute approximate surface area is 159 Å². The molecule has 0 amide bonds. The molecule has 0 unspecified atom stereocenters. The third-order valence-corrected chi connectivity index (χ3v) is 3.27. The van der Waals surface area contributed by atoms with Crippen LogP contribution in [-0.2, 0) is 4.79 Å². The molecule has 0 saturated carbocycles. The molecule has 4 aromatic rings. The molecule has 0 bridgehead atoms. The first kappa shape index (κ1) is 19.7. The van der Waals surface area contributed by atoms with Crippen molar-refractivity contribution in [3.63, 3.8) is 0 Å². The van der Waals surface area contributed by atoms with E-state index in [1.165, 1.54) is 10.8 Å². The van der Waals surface area contributed by atoms with Crippen LogP contribution in [0.15, 0.2) is 73.8 Å². The van der Waals surface area contributed by atoms with Crippen molar-refractivity contribution in [2.45, 2.75) is 0 Å². The molecule has 0 aliphatic carbocycles. The molecule has 1 N–H and O–H groups in total. The molecule has 0 radical (unpaired) electrons. The summed E-state index contributed by atoms with van der Waals surface area (Å²) in [5.41, 5.74) is 3.24. The predicted molar refractivity (Wildman–Crippen MR) is 103 cm³/mol. The van der Waals surface area contributed by atoms with Gasteiger partial charge in [-0.25, -0.2) is 0 Å². The number of fused-ring (bicyclic) bond motifs is 2. The summed E-state index contributed by atoms with van der Waals surface area (Å²) >= 11 is 4.71. The van der Waals surface area contributed by atoms with E-state index in [4.69, 9.17) is 11.6 Å². The summed E-state index contributed by atoms with van der Waals surface area (Å²) in [6.45, 7) is 6.46. The number of benzene rings is 2. The van der Waals surface area contributed by atoms with Crippen LogP contribution < -0.4 is 0 Å². The second-order valence-electron chi connectivity index (χ2n) is 4.85. The Bertz CT molecular complexity index is 1060. The minimum atomic E-state index is -0.509. The lowest BCUT2D eigenvalue weighted by Crippen LogP contribution is -2.08. The average molecular weight is 383 g/mol. The third kappa shape index (κ3) is 5.41. The number of carbonyl (C=O) groups excluding carboxylic acids is 2. The van der Waals surface area contributed by atoms with Gasteiger partial charge in [-0.3, -0.25) is 9.59 Å². The van der Waals surface area contributed by atoms with E-state index in [0.717, 1.165) is 17.1 Å². The molecular weight excluding hydrogens is 368 g/mol. The fraction of sp³-hybridized carbons (Fsp3) is 0. The van der Waals surface area contributed by atoms with E-state index in [2.05, 4.69) is 38.9 Å². The number of aromatic nitrogens is 6. The van der Waals surface area contributed by atoms with E-state index in [-0.39, 0.29) is 5.91 Å². The second kappa shape index (κ2) is 9.73. The van der Waals surface area contributed by atoms with Gasteiger partial charge >= 0.3 is 0 Å².